The number of fused-ring (bicyclic) bond motifs is 1. The second kappa shape index (κ2) is 9.53. The molecule has 172 valence electrons. The van der Waals surface area contributed by atoms with Crippen LogP contribution in [0, 0.1) is 5.82 Å². The van der Waals surface area contributed by atoms with E-state index in [0.717, 1.165) is 4.90 Å². The number of para-hydroxylation sites is 1. The average Bonchev–Trinajstić information content (AvgIpc) is 3.09. The molecule has 1 heterocycles. The Bertz CT molecular complexity index is 1240. The van der Waals surface area contributed by atoms with Crippen LogP contribution in [0.3, 0.4) is 0 Å². The van der Waals surface area contributed by atoms with E-state index in [4.69, 9.17) is 4.74 Å². The van der Waals surface area contributed by atoms with Crippen molar-refractivity contribution in [3.05, 3.63) is 101 Å². The van der Waals surface area contributed by atoms with Crippen LogP contribution in [0.15, 0.2) is 72.8 Å². The molecule has 0 bridgehead atoms. The van der Waals surface area contributed by atoms with Crippen molar-refractivity contribution >= 4 is 23.6 Å². The van der Waals surface area contributed by atoms with E-state index in [1.807, 2.05) is 0 Å². The zero-order valence-corrected chi connectivity index (χ0v) is 18.1. The van der Waals surface area contributed by atoms with Crippen LogP contribution in [0.5, 0.6) is 5.75 Å². The highest BCUT2D eigenvalue weighted by atomic mass is 19.1. The first-order valence-electron chi connectivity index (χ1n) is 10.4. The van der Waals surface area contributed by atoms with Gasteiger partial charge < -0.3 is 4.74 Å². The fourth-order valence-electron chi connectivity index (χ4n) is 3.40. The minimum Gasteiger partial charge on any atom is -0.478 e. The van der Waals surface area contributed by atoms with Gasteiger partial charge in [0.25, 0.3) is 23.6 Å². The number of imide groups is 1. The number of benzene rings is 3. The summed E-state index contributed by atoms with van der Waals surface area (Å²) in [5.74, 6) is -2.66. The van der Waals surface area contributed by atoms with E-state index in [2.05, 4.69) is 10.9 Å². The molecule has 0 aromatic heterocycles. The maximum atomic E-state index is 13.7. The molecule has 0 saturated heterocycles. The lowest BCUT2D eigenvalue weighted by Gasteiger charge is -2.16. The highest BCUT2D eigenvalue weighted by Gasteiger charge is 2.34. The predicted octanol–water partition coefficient (Wildman–Crippen LogP) is 2.85. The van der Waals surface area contributed by atoms with Crippen molar-refractivity contribution in [2.24, 2.45) is 0 Å². The highest BCUT2D eigenvalue weighted by molar-refractivity contribution is 6.21. The van der Waals surface area contributed by atoms with E-state index in [-0.39, 0.29) is 29.7 Å². The maximum absolute atomic E-state index is 13.7. The van der Waals surface area contributed by atoms with Crippen LogP contribution in [0.4, 0.5) is 4.39 Å². The number of halogens is 1. The molecule has 4 rings (SSSR count). The number of hydrogen-bond acceptors (Lipinski definition) is 5. The topological polar surface area (TPSA) is 105 Å². The maximum Gasteiger partial charge on any atom is 0.279 e. The Labute approximate surface area is 194 Å². The lowest BCUT2D eigenvalue weighted by molar-refractivity contribution is -0.128. The molecule has 8 nitrogen and oxygen atoms in total. The van der Waals surface area contributed by atoms with E-state index in [9.17, 15) is 23.6 Å². The minimum atomic E-state index is -1.06. The SMILES string of the molecule is CC(Oc1ccccc1F)C(=O)NNC(=O)c1ccc(CN2C(=O)c3ccccc3C2=O)cc1. The second-order valence-corrected chi connectivity index (χ2v) is 7.57. The Balaban J connectivity index is 1.31. The van der Waals surface area contributed by atoms with Crippen molar-refractivity contribution < 1.29 is 28.3 Å². The summed E-state index contributed by atoms with van der Waals surface area (Å²) < 4.78 is 18.9. The third-order valence-corrected chi connectivity index (χ3v) is 5.24. The van der Waals surface area contributed by atoms with Gasteiger partial charge in [0.1, 0.15) is 0 Å². The van der Waals surface area contributed by atoms with Gasteiger partial charge in [-0.2, -0.15) is 0 Å². The van der Waals surface area contributed by atoms with Crippen molar-refractivity contribution in [1.29, 1.82) is 0 Å². The van der Waals surface area contributed by atoms with E-state index in [0.29, 0.717) is 16.7 Å². The molecule has 0 aliphatic carbocycles. The highest BCUT2D eigenvalue weighted by Crippen LogP contribution is 2.24. The van der Waals surface area contributed by atoms with Gasteiger partial charge in [-0.05, 0) is 48.9 Å². The Morgan fingerprint density at radius 3 is 2.09 bits per heavy atom. The Kier molecular flexibility index (Phi) is 6.35. The van der Waals surface area contributed by atoms with E-state index in [1.165, 1.54) is 37.3 Å². The number of hydrazine groups is 1. The van der Waals surface area contributed by atoms with Crippen molar-refractivity contribution in [3.63, 3.8) is 0 Å². The van der Waals surface area contributed by atoms with Crippen LogP contribution in [-0.2, 0) is 11.3 Å². The predicted molar refractivity (Wildman–Crippen MR) is 119 cm³/mol. The molecule has 0 radical (unpaired) electrons. The van der Waals surface area contributed by atoms with Gasteiger partial charge in [0.05, 0.1) is 17.7 Å². The zero-order chi connectivity index (χ0) is 24.2. The monoisotopic (exact) mass is 461 g/mol. The molecule has 4 amide bonds. The Hall–Kier alpha value is -4.53. The first-order valence-corrected chi connectivity index (χ1v) is 10.4. The van der Waals surface area contributed by atoms with Crippen molar-refractivity contribution in [2.45, 2.75) is 19.6 Å². The van der Waals surface area contributed by atoms with Gasteiger partial charge >= 0.3 is 0 Å². The smallest absolute Gasteiger partial charge is 0.279 e. The summed E-state index contributed by atoms with van der Waals surface area (Å²) in [6.07, 6.45) is -1.06. The first kappa shape index (κ1) is 22.7. The van der Waals surface area contributed by atoms with Gasteiger partial charge in [-0.3, -0.25) is 34.9 Å². The van der Waals surface area contributed by atoms with E-state index in [1.54, 1.807) is 42.5 Å². The molecule has 3 aromatic carbocycles. The number of carbonyl (C=O) groups is 4. The molecule has 0 saturated carbocycles. The Morgan fingerprint density at radius 1 is 0.882 bits per heavy atom. The van der Waals surface area contributed by atoms with Crippen molar-refractivity contribution in [1.82, 2.24) is 15.8 Å². The van der Waals surface area contributed by atoms with Gasteiger partial charge in [0, 0.05) is 5.56 Å². The molecule has 2 N–H and O–H groups in total. The molecule has 0 spiro atoms. The Morgan fingerprint density at radius 2 is 1.47 bits per heavy atom. The number of rotatable bonds is 6. The minimum absolute atomic E-state index is 0.0654. The van der Waals surface area contributed by atoms with Crippen LogP contribution in [0.25, 0.3) is 0 Å². The van der Waals surface area contributed by atoms with Gasteiger partial charge in [-0.25, -0.2) is 4.39 Å². The first-order chi connectivity index (χ1) is 16.3. The number of nitrogens with zero attached hydrogens (tertiary/aromatic N) is 1. The largest absolute Gasteiger partial charge is 0.478 e. The average molecular weight is 461 g/mol. The fraction of sp³-hybridized carbons (Fsp3) is 0.120. The number of nitrogens with one attached hydrogen (secondary N) is 2. The van der Waals surface area contributed by atoms with Crippen LogP contribution in [0.2, 0.25) is 0 Å². The van der Waals surface area contributed by atoms with Gasteiger partial charge in [-0.1, -0.05) is 36.4 Å². The third kappa shape index (κ3) is 4.63. The summed E-state index contributed by atoms with van der Waals surface area (Å²) >= 11 is 0. The van der Waals surface area contributed by atoms with Gasteiger partial charge in [0.15, 0.2) is 17.7 Å². The summed E-state index contributed by atoms with van der Waals surface area (Å²) in [4.78, 5) is 50.6. The van der Waals surface area contributed by atoms with Crippen LogP contribution < -0.4 is 15.6 Å². The number of carbonyl (C=O) groups excluding carboxylic acids is 4. The molecular weight excluding hydrogens is 441 g/mol. The second-order valence-electron chi connectivity index (χ2n) is 7.57. The van der Waals surface area contributed by atoms with Crippen LogP contribution >= 0.6 is 0 Å². The number of ether oxygens (including phenoxy) is 1. The summed E-state index contributed by atoms with van der Waals surface area (Å²) in [5.41, 5.74) is 6.13. The fourth-order valence-corrected chi connectivity index (χ4v) is 3.40. The van der Waals surface area contributed by atoms with Crippen LogP contribution in [-0.4, -0.2) is 34.6 Å². The molecule has 34 heavy (non-hydrogen) atoms. The van der Waals surface area contributed by atoms with Crippen molar-refractivity contribution in [2.75, 3.05) is 0 Å². The van der Waals surface area contributed by atoms with Gasteiger partial charge in [-0.15, -0.1) is 0 Å². The molecule has 1 aliphatic heterocycles. The third-order valence-electron chi connectivity index (χ3n) is 5.24. The summed E-state index contributed by atoms with van der Waals surface area (Å²) in [6.45, 7) is 1.48. The summed E-state index contributed by atoms with van der Waals surface area (Å²) in [5, 5.41) is 0. The lowest BCUT2D eigenvalue weighted by atomic mass is 10.1. The van der Waals surface area contributed by atoms with E-state index >= 15 is 0 Å². The molecule has 1 aliphatic rings. The molecule has 3 aromatic rings. The van der Waals surface area contributed by atoms with E-state index < -0.39 is 23.7 Å². The zero-order valence-electron chi connectivity index (χ0n) is 18.1. The molecule has 9 heteroatoms. The quantitative estimate of drug-likeness (QED) is 0.434. The van der Waals surface area contributed by atoms with Crippen LogP contribution in [0.1, 0.15) is 43.6 Å². The molecule has 0 fully saturated rings. The molecule has 1 atom stereocenters. The summed E-state index contributed by atoms with van der Waals surface area (Å²) in [7, 11) is 0. The van der Waals surface area contributed by atoms with Gasteiger partial charge in [0.2, 0.25) is 0 Å². The molecule has 1 unspecified atom stereocenters. The lowest BCUT2D eigenvalue weighted by Crippen LogP contribution is -2.47. The normalized spacial score (nSPS) is 13.3. The number of amides is 4. The molecular formula is C25H20FN3O5. The van der Waals surface area contributed by atoms with Crippen molar-refractivity contribution in [3.8, 4) is 5.75 Å². The standard InChI is InChI=1S/C25H20FN3O5/c1-15(34-21-9-5-4-8-20(21)26)22(30)27-28-23(31)17-12-10-16(11-13-17)14-29-24(32)18-6-2-3-7-19(18)25(29)33/h2-13,15H,14H2,1H3,(H,27,30)(H,28,31). The number of hydrogen-bond donors (Lipinski definition) is 2. The summed E-state index contributed by atoms with van der Waals surface area (Å²) in [6, 6.07) is 18.5.